The SMILES string of the molecule is Cc1c(S(=O)(=O)N2C(C)CCC2CC(C)(O)CO)c2n(c1C(=O)Nc1ccc(F)c(F)c1)CCCC2. The molecule has 1 saturated heterocycles. The minimum atomic E-state index is -4.06. The van der Waals surface area contributed by atoms with Gasteiger partial charge in [0, 0.05) is 41.6 Å². The van der Waals surface area contributed by atoms with Gasteiger partial charge in [0.2, 0.25) is 10.0 Å². The Labute approximate surface area is 210 Å². The lowest BCUT2D eigenvalue weighted by molar-refractivity contribution is -0.0169. The Morgan fingerprint density at radius 2 is 1.94 bits per heavy atom. The Balaban J connectivity index is 1.76. The molecule has 0 aliphatic carbocycles. The van der Waals surface area contributed by atoms with Crippen LogP contribution in [0.15, 0.2) is 23.1 Å². The van der Waals surface area contributed by atoms with Gasteiger partial charge in [0.05, 0.1) is 12.2 Å². The number of hydrogen-bond donors (Lipinski definition) is 3. The van der Waals surface area contributed by atoms with E-state index in [2.05, 4.69) is 5.32 Å². The zero-order valence-corrected chi connectivity index (χ0v) is 21.5. The topological polar surface area (TPSA) is 112 Å². The summed E-state index contributed by atoms with van der Waals surface area (Å²) in [5.41, 5.74) is -0.320. The van der Waals surface area contributed by atoms with Gasteiger partial charge in [0.1, 0.15) is 10.6 Å². The minimum absolute atomic E-state index is 0.0635. The van der Waals surface area contributed by atoms with Gasteiger partial charge in [0.25, 0.3) is 5.91 Å². The Bertz CT molecular complexity index is 1270. The molecule has 0 bridgehead atoms. The average Bonchev–Trinajstić information content (AvgIpc) is 3.32. The second kappa shape index (κ2) is 9.85. The van der Waals surface area contributed by atoms with Gasteiger partial charge in [-0.15, -0.1) is 0 Å². The van der Waals surface area contributed by atoms with Gasteiger partial charge in [-0.05, 0) is 71.4 Å². The third-order valence-corrected chi connectivity index (χ3v) is 9.53. The molecule has 1 amide bonds. The van der Waals surface area contributed by atoms with Gasteiger partial charge in [-0.1, -0.05) is 0 Å². The highest BCUT2D eigenvalue weighted by Crippen LogP contribution is 2.40. The molecule has 0 saturated carbocycles. The van der Waals surface area contributed by atoms with E-state index in [1.54, 1.807) is 11.5 Å². The Morgan fingerprint density at radius 1 is 1.22 bits per heavy atom. The van der Waals surface area contributed by atoms with Crippen molar-refractivity contribution in [3.8, 4) is 0 Å². The third-order valence-electron chi connectivity index (χ3n) is 7.25. The van der Waals surface area contributed by atoms with Crippen LogP contribution in [0.4, 0.5) is 14.5 Å². The van der Waals surface area contributed by atoms with Crippen molar-refractivity contribution in [2.75, 3.05) is 11.9 Å². The molecule has 0 radical (unpaired) electrons. The van der Waals surface area contributed by atoms with E-state index < -0.39 is 45.8 Å². The van der Waals surface area contributed by atoms with E-state index in [-0.39, 0.29) is 28.7 Å². The Morgan fingerprint density at radius 3 is 2.61 bits per heavy atom. The Kier molecular flexibility index (Phi) is 7.31. The van der Waals surface area contributed by atoms with Crippen molar-refractivity contribution < 1.29 is 32.2 Å². The lowest BCUT2D eigenvalue weighted by Crippen LogP contribution is -2.45. The maximum absolute atomic E-state index is 14.1. The predicted octanol–water partition coefficient (Wildman–Crippen LogP) is 3.34. The number of hydrogen-bond acceptors (Lipinski definition) is 5. The van der Waals surface area contributed by atoms with E-state index in [0.717, 1.165) is 25.0 Å². The number of aliphatic hydroxyl groups is 2. The average molecular weight is 526 g/mol. The van der Waals surface area contributed by atoms with Crippen molar-refractivity contribution >= 4 is 21.6 Å². The highest BCUT2D eigenvalue weighted by Gasteiger charge is 2.45. The second-order valence-electron chi connectivity index (χ2n) is 10.2. The number of aromatic nitrogens is 1. The van der Waals surface area contributed by atoms with Crippen molar-refractivity contribution in [3.05, 3.63) is 46.8 Å². The number of aliphatic hydroxyl groups excluding tert-OH is 1. The number of carbonyl (C=O) groups is 1. The number of nitrogens with one attached hydrogen (secondary N) is 1. The molecule has 8 nitrogen and oxygen atoms in total. The third kappa shape index (κ3) is 4.81. The van der Waals surface area contributed by atoms with Gasteiger partial charge in [0.15, 0.2) is 11.6 Å². The molecule has 2 aliphatic rings. The summed E-state index contributed by atoms with van der Waals surface area (Å²) < 4.78 is 58.4. The predicted molar refractivity (Wildman–Crippen MR) is 130 cm³/mol. The van der Waals surface area contributed by atoms with Gasteiger partial charge in [-0.25, -0.2) is 17.2 Å². The van der Waals surface area contributed by atoms with E-state index in [9.17, 15) is 32.2 Å². The molecule has 1 aromatic carbocycles. The normalized spacial score (nSPS) is 22.3. The number of nitrogens with zero attached hydrogens (tertiary/aromatic N) is 2. The number of sulfonamides is 1. The largest absolute Gasteiger partial charge is 0.393 e. The van der Waals surface area contributed by atoms with Gasteiger partial charge in [-0.3, -0.25) is 4.79 Å². The summed E-state index contributed by atoms with van der Waals surface area (Å²) in [4.78, 5) is 13.4. The summed E-state index contributed by atoms with van der Waals surface area (Å²) in [5.74, 6) is -2.73. The molecule has 36 heavy (non-hydrogen) atoms. The molecule has 2 aromatic rings. The van der Waals surface area contributed by atoms with E-state index in [4.69, 9.17) is 0 Å². The first-order valence-corrected chi connectivity index (χ1v) is 13.7. The zero-order chi connectivity index (χ0) is 26.4. The van der Waals surface area contributed by atoms with Crippen LogP contribution in [0.25, 0.3) is 0 Å². The standard InChI is InChI=1S/C25H33F2N3O5S/c1-15-7-9-18(13-25(3,33)14-31)30(15)36(34,35)23-16(2)22(29-11-5-4-6-21(23)29)24(32)28-17-8-10-19(26)20(27)12-17/h8,10,12,15,18,31,33H,4-7,9,11,13-14H2,1-3H3,(H,28,32). The van der Waals surface area contributed by atoms with Crippen LogP contribution < -0.4 is 5.32 Å². The van der Waals surface area contributed by atoms with Crippen LogP contribution in [0.3, 0.4) is 0 Å². The molecular formula is C25H33F2N3O5S. The lowest BCUT2D eigenvalue weighted by atomic mass is 9.97. The maximum Gasteiger partial charge on any atom is 0.272 e. The van der Waals surface area contributed by atoms with Crippen LogP contribution >= 0.6 is 0 Å². The highest BCUT2D eigenvalue weighted by molar-refractivity contribution is 7.89. The summed E-state index contributed by atoms with van der Waals surface area (Å²) in [5, 5.41) is 22.6. The van der Waals surface area contributed by atoms with Crippen LogP contribution in [0, 0.1) is 18.6 Å². The summed E-state index contributed by atoms with van der Waals surface area (Å²) in [7, 11) is -4.06. The highest BCUT2D eigenvalue weighted by atomic mass is 32.2. The lowest BCUT2D eigenvalue weighted by Gasteiger charge is -2.32. The molecule has 2 aliphatic heterocycles. The number of rotatable bonds is 7. The molecular weight excluding hydrogens is 492 g/mol. The number of halogens is 2. The number of amides is 1. The molecule has 11 heteroatoms. The zero-order valence-electron chi connectivity index (χ0n) is 20.7. The second-order valence-corrected chi connectivity index (χ2v) is 12.0. The molecule has 198 valence electrons. The van der Waals surface area contributed by atoms with E-state index in [0.29, 0.717) is 37.1 Å². The molecule has 3 heterocycles. The van der Waals surface area contributed by atoms with Crippen molar-refractivity contribution in [1.82, 2.24) is 8.87 Å². The van der Waals surface area contributed by atoms with Crippen molar-refractivity contribution in [2.24, 2.45) is 0 Å². The smallest absolute Gasteiger partial charge is 0.272 e. The molecule has 4 rings (SSSR count). The first-order chi connectivity index (χ1) is 16.9. The summed E-state index contributed by atoms with van der Waals surface area (Å²) in [6.07, 6.45) is 3.28. The minimum Gasteiger partial charge on any atom is -0.393 e. The van der Waals surface area contributed by atoms with Crippen molar-refractivity contribution in [3.63, 3.8) is 0 Å². The van der Waals surface area contributed by atoms with Crippen molar-refractivity contribution in [2.45, 2.75) is 88.4 Å². The maximum atomic E-state index is 14.1. The number of benzene rings is 1. The summed E-state index contributed by atoms with van der Waals surface area (Å²) in [6.45, 7) is 4.87. The van der Waals surface area contributed by atoms with E-state index in [1.165, 1.54) is 17.3 Å². The molecule has 3 atom stereocenters. The first kappa shape index (κ1) is 26.7. The summed E-state index contributed by atoms with van der Waals surface area (Å²) >= 11 is 0. The molecule has 1 fully saturated rings. The summed E-state index contributed by atoms with van der Waals surface area (Å²) in [6, 6.07) is 2.23. The van der Waals surface area contributed by atoms with Gasteiger partial charge in [-0.2, -0.15) is 4.31 Å². The van der Waals surface area contributed by atoms with Crippen LogP contribution in [0.1, 0.15) is 67.7 Å². The van der Waals surface area contributed by atoms with Gasteiger partial charge >= 0.3 is 0 Å². The molecule has 1 aromatic heterocycles. The monoisotopic (exact) mass is 525 g/mol. The van der Waals surface area contributed by atoms with Crippen molar-refractivity contribution in [1.29, 1.82) is 0 Å². The van der Waals surface area contributed by atoms with Crippen LogP contribution in [-0.4, -0.2) is 57.7 Å². The first-order valence-electron chi connectivity index (χ1n) is 12.2. The van der Waals surface area contributed by atoms with Crippen LogP contribution in [0.5, 0.6) is 0 Å². The molecule has 3 N–H and O–H groups in total. The van der Waals surface area contributed by atoms with E-state index >= 15 is 0 Å². The Hall–Kier alpha value is -2.34. The molecule has 0 spiro atoms. The van der Waals surface area contributed by atoms with Gasteiger partial charge < -0.3 is 20.1 Å². The number of fused-ring (bicyclic) bond motifs is 1. The van der Waals surface area contributed by atoms with E-state index in [1.807, 2.05) is 6.92 Å². The van der Waals surface area contributed by atoms with Crippen LogP contribution in [-0.2, 0) is 23.0 Å². The molecule has 3 unspecified atom stereocenters. The fourth-order valence-electron chi connectivity index (χ4n) is 5.59. The number of anilines is 1. The fourth-order valence-corrected chi connectivity index (χ4v) is 7.95. The van der Waals surface area contributed by atoms with Crippen LogP contribution in [0.2, 0.25) is 0 Å². The quantitative estimate of drug-likeness (QED) is 0.514. The fraction of sp³-hybridized carbons (Fsp3) is 0.560. The number of carbonyl (C=O) groups excluding carboxylic acids is 1.